The highest BCUT2D eigenvalue weighted by Crippen LogP contribution is 2.48. The average molecular weight is 271 g/mol. The summed E-state index contributed by atoms with van der Waals surface area (Å²) in [7, 11) is 0. The Morgan fingerprint density at radius 2 is 1.95 bits per heavy atom. The number of ether oxygens (including phenoxy) is 1. The molecule has 3 unspecified atom stereocenters. The minimum absolute atomic E-state index is 0.345. The van der Waals surface area contributed by atoms with Crippen molar-refractivity contribution in [2.75, 3.05) is 11.9 Å². The van der Waals surface area contributed by atoms with Gasteiger partial charge in [0, 0.05) is 29.8 Å². The van der Waals surface area contributed by atoms with Gasteiger partial charge in [0.15, 0.2) is 0 Å². The fourth-order valence-electron chi connectivity index (χ4n) is 4.59. The molecule has 1 aromatic carbocycles. The van der Waals surface area contributed by atoms with Crippen molar-refractivity contribution in [3.63, 3.8) is 0 Å². The molecule has 1 aromatic rings. The van der Waals surface area contributed by atoms with Crippen molar-refractivity contribution >= 4 is 5.69 Å². The van der Waals surface area contributed by atoms with Crippen LogP contribution < -0.4 is 5.32 Å². The van der Waals surface area contributed by atoms with Crippen LogP contribution in [0.25, 0.3) is 0 Å². The molecular formula is C18H25NO. The molecule has 3 atom stereocenters. The van der Waals surface area contributed by atoms with Crippen LogP contribution in [0, 0.1) is 18.8 Å². The molecule has 2 aliphatic heterocycles. The monoisotopic (exact) mass is 271 g/mol. The van der Waals surface area contributed by atoms with E-state index < -0.39 is 0 Å². The first-order valence-electron chi connectivity index (χ1n) is 8.31. The molecule has 0 bridgehead atoms. The summed E-state index contributed by atoms with van der Waals surface area (Å²) in [6.45, 7) is 3.12. The molecule has 0 aromatic heterocycles. The Kier molecular flexibility index (Phi) is 3.22. The van der Waals surface area contributed by atoms with Gasteiger partial charge in [-0.3, -0.25) is 0 Å². The number of fused-ring (bicyclic) bond motifs is 3. The zero-order valence-electron chi connectivity index (χ0n) is 12.4. The van der Waals surface area contributed by atoms with E-state index >= 15 is 0 Å². The van der Waals surface area contributed by atoms with Gasteiger partial charge in [0.1, 0.15) is 0 Å². The molecule has 2 heteroatoms. The normalized spacial score (nSPS) is 33.4. The lowest BCUT2D eigenvalue weighted by atomic mass is 9.73. The Balaban J connectivity index is 1.67. The first kappa shape index (κ1) is 12.7. The summed E-state index contributed by atoms with van der Waals surface area (Å²) in [6, 6.07) is 7.44. The first-order valence-corrected chi connectivity index (χ1v) is 8.31. The highest BCUT2D eigenvalue weighted by Gasteiger charge is 2.43. The molecule has 0 spiro atoms. The van der Waals surface area contributed by atoms with Gasteiger partial charge in [-0.25, -0.2) is 0 Å². The van der Waals surface area contributed by atoms with Crippen LogP contribution in [0.15, 0.2) is 18.2 Å². The fourth-order valence-corrected chi connectivity index (χ4v) is 4.59. The van der Waals surface area contributed by atoms with Gasteiger partial charge in [-0.2, -0.15) is 0 Å². The van der Waals surface area contributed by atoms with Crippen LogP contribution in [0.3, 0.4) is 0 Å². The van der Waals surface area contributed by atoms with Gasteiger partial charge < -0.3 is 10.1 Å². The molecule has 20 heavy (non-hydrogen) atoms. The predicted octanol–water partition coefficient (Wildman–Crippen LogP) is 4.45. The zero-order valence-corrected chi connectivity index (χ0v) is 12.4. The largest absolute Gasteiger partial charge is 0.381 e. The minimum atomic E-state index is 0.345. The topological polar surface area (TPSA) is 21.3 Å². The van der Waals surface area contributed by atoms with Crippen molar-refractivity contribution < 1.29 is 4.74 Å². The molecule has 108 valence electrons. The summed E-state index contributed by atoms with van der Waals surface area (Å²) >= 11 is 0. The maximum Gasteiger partial charge on any atom is 0.0893 e. The van der Waals surface area contributed by atoms with Gasteiger partial charge in [-0.05, 0) is 38.2 Å². The van der Waals surface area contributed by atoms with Crippen LogP contribution in [0.1, 0.15) is 55.8 Å². The molecule has 0 amide bonds. The second kappa shape index (κ2) is 5.07. The van der Waals surface area contributed by atoms with Crippen LogP contribution in [0.5, 0.6) is 0 Å². The van der Waals surface area contributed by atoms with E-state index in [4.69, 9.17) is 4.74 Å². The molecule has 1 aliphatic carbocycles. The smallest absolute Gasteiger partial charge is 0.0893 e. The van der Waals surface area contributed by atoms with Crippen LogP contribution in [0.4, 0.5) is 5.69 Å². The molecule has 0 radical (unpaired) electrons. The Labute approximate surface area is 121 Å². The third kappa shape index (κ3) is 2.05. The van der Waals surface area contributed by atoms with Gasteiger partial charge in [-0.1, -0.05) is 37.0 Å². The third-order valence-electron chi connectivity index (χ3n) is 5.59. The van der Waals surface area contributed by atoms with Crippen LogP contribution in [-0.4, -0.2) is 12.6 Å². The van der Waals surface area contributed by atoms with Gasteiger partial charge in [0.2, 0.25) is 0 Å². The Hall–Kier alpha value is -1.02. The SMILES string of the molecule is Cc1ccc2c(c1)C1OCCC1C(C1CCCCC1)N2. The van der Waals surface area contributed by atoms with E-state index in [9.17, 15) is 0 Å². The van der Waals surface area contributed by atoms with Gasteiger partial charge in [0.05, 0.1) is 6.10 Å². The Bertz CT molecular complexity index is 492. The summed E-state index contributed by atoms with van der Waals surface area (Å²) in [6.07, 6.45) is 8.65. The molecule has 4 rings (SSSR count). The lowest BCUT2D eigenvalue weighted by Crippen LogP contribution is -2.42. The van der Waals surface area contributed by atoms with E-state index in [1.807, 2.05) is 0 Å². The van der Waals surface area contributed by atoms with Gasteiger partial charge in [0.25, 0.3) is 0 Å². The van der Waals surface area contributed by atoms with Gasteiger partial charge >= 0.3 is 0 Å². The fraction of sp³-hybridized carbons (Fsp3) is 0.667. The summed E-state index contributed by atoms with van der Waals surface area (Å²) in [5, 5.41) is 3.89. The van der Waals surface area contributed by atoms with E-state index in [-0.39, 0.29) is 0 Å². The lowest BCUT2D eigenvalue weighted by Gasteiger charge is -2.42. The van der Waals surface area contributed by atoms with Crippen molar-refractivity contribution in [2.45, 2.75) is 57.6 Å². The Morgan fingerprint density at radius 3 is 2.80 bits per heavy atom. The number of hydrogen-bond acceptors (Lipinski definition) is 2. The van der Waals surface area contributed by atoms with Crippen molar-refractivity contribution in [3.8, 4) is 0 Å². The van der Waals surface area contributed by atoms with E-state index in [2.05, 4.69) is 30.4 Å². The van der Waals surface area contributed by atoms with E-state index in [0.29, 0.717) is 18.1 Å². The van der Waals surface area contributed by atoms with Crippen LogP contribution in [-0.2, 0) is 4.74 Å². The summed E-state index contributed by atoms with van der Waals surface area (Å²) in [4.78, 5) is 0. The summed E-state index contributed by atoms with van der Waals surface area (Å²) < 4.78 is 6.12. The van der Waals surface area contributed by atoms with Crippen molar-refractivity contribution in [1.82, 2.24) is 0 Å². The van der Waals surface area contributed by atoms with Crippen LogP contribution >= 0.6 is 0 Å². The number of nitrogens with one attached hydrogen (secondary N) is 1. The van der Waals surface area contributed by atoms with E-state index in [1.165, 1.54) is 55.3 Å². The second-order valence-corrected chi connectivity index (χ2v) is 6.90. The molecule has 1 N–H and O–H groups in total. The van der Waals surface area contributed by atoms with Crippen molar-refractivity contribution in [3.05, 3.63) is 29.3 Å². The van der Waals surface area contributed by atoms with E-state index in [1.54, 1.807) is 0 Å². The molecule has 2 heterocycles. The van der Waals surface area contributed by atoms with Crippen molar-refractivity contribution in [1.29, 1.82) is 0 Å². The minimum Gasteiger partial charge on any atom is -0.381 e. The number of benzene rings is 1. The molecule has 3 aliphatic rings. The summed E-state index contributed by atoms with van der Waals surface area (Å²) in [5.74, 6) is 1.54. The predicted molar refractivity (Wildman–Crippen MR) is 82.0 cm³/mol. The first-order chi connectivity index (χ1) is 9.83. The standard InChI is InChI=1S/C18H25NO/c1-12-7-8-16-15(11-12)18-14(9-10-20-18)17(19-16)13-5-3-2-4-6-13/h7-8,11,13-14,17-19H,2-6,9-10H2,1H3. The quantitative estimate of drug-likeness (QED) is 0.815. The van der Waals surface area contributed by atoms with Crippen LogP contribution in [0.2, 0.25) is 0 Å². The Morgan fingerprint density at radius 1 is 1.10 bits per heavy atom. The summed E-state index contributed by atoms with van der Waals surface area (Å²) in [5.41, 5.74) is 4.07. The molecular weight excluding hydrogens is 246 g/mol. The maximum absolute atomic E-state index is 6.12. The van der Waals surface area contributed by atoms with E-state index in [0.717, 1.165) is 12.5 Å². The molecule has 2 nitrogen and oxygen atoms in total. The molecule has 2 fully saturated rings. The number of aryl methyl sites for hydroxylation is 1. The molecule has 1 saturated heterocycles. The maximum atomic E-state index is 6.12. The second-order valence-electron chi connectivity index (χ2n) is 6.90. The van der Waals surface area contributed by atoms with Crippen molar-refractivity contribution in [2.24, 2.45) is 11.8 Å². The lowest BCUT2D eigenvalue weighted by molar-refractivity contribution is 0.0732. The highest BCUT2D eigenvalue weighted by atomic mass is 16.5. The average Bonchev–Trinajstić information content (AvgIpc) is 2.97. The highest BCUT2D eigenvalue weighted by molar-refractivity contribution is 5.57. The number of anilines is 1. The number of rotatable bonds is 1. The van der Waals surface area contributed by atoms with Gasteiger partial charge in [-0.15, -0.1) is 0 Å². The number of hydrogen-bond donors (Lipinski definition) is 1. The zero-order chi connectivity index (χ0) is 13.5. The third-order valence-corrected chi connectivity index (χ3v) is 5.59. The molecule has 1 saturated carbocycles.